The zero-order valence-corrected chi connectivity index (χ0v) is 20.1. The van der Waals surface area contributed by atoms with Gasteiger partial charge >= 0.3 is 0 Å². The smallest absolute Gasteiger partial charge is 0.243 e. The maximum atomic E-state index is 14.6. The van der Waals surface area contributed by atoms with Crippen LogP contribution in [0.4, 0.5) is 4.39 Å². The van der Waals surface area contributed by atoms with Gasteiger partial charge in [-0.3, -0.25) is 9.59 Å². The van der Waals surface area contributed by atoms with Crippen molar-refractivity contribution in [2.24, 2.45) is 5.92 Å². The molecule has 0 bridgehead atoms. The molecule has 3 rings (SSSR count). The first-order valence-corrected chi connectivity index (χ1v) is 11.7. The Hall–Kier alpha value is -3.47. The van der Waals surface area contributed by atoms with Crippen molar-refractivity contribution in [3.05, 3.63) is 107 Å². The predicted molar refractivity (Wildman–Crippen MR) is 134 cm³/mol. The molecule has 0 heterocycles. The van der Waals surface area contributed by atoms with E-state index in [9.17, 15) is 14.0 Å². The van der Waals surface area contributed by atoms with E-state index in [2.05, 4.69) is 5.32 Å². The van der Waals surface area contributed by atoms with Crippen molar-refractivity contribution in [3.8, 4) is 0 Å². The number of nitrogens with one attached hydrogen (secondary N) is 1. The molecule has 2 amide bonds. The van der Waals surface area contributed by atoms with Crippen molar-refractivity contribution in [2.45, 2.75) is 46.2 Å². The van der Waals surface area contributed by atoms with E-state index in [1.54, 1.807) is 18.2 Å². The average Bonchev–Trinajstić information content (AvgIpc) is 2.83. The van der Waals surface area contributed by atoms with Gasteiger partial charge < -0.3 is 10.2 Å². The summed E-state index contributed by atoms with van der Waals surface area (Å²) in [4.78, 5) is 28.5. The summed E-state index contributed by atoms with van der Waals surface area (Å²) >= 11 is 0. The summed E-state index contributed by atoms with van der Waals surface area (Å²) in [6.07, 6.45) is 0.482. The van der Waals surface area contributed by atoms with Gasteiger partial charge in [-0.2, -0.15) is 0 Å². The summed E-state index contributed by atoms with van der Waals surface area (Å²) in [6.45, 7) is 6.55. The highest BCUT2D eigenvalue weighted by molar-refractivity contribution is 5.88. The summed E-state index contributed by atoms with van der Waals surface area (Å²) in [7, 11) is 0. The molecule has 0 radical (unpaired) electrons. The fourth-order valence-corrected chi connectivity index (χ4v) is 3.77. The van der Waals surface area contributed by atoms with E-state index in [1.165, 1.54) is 11.0 Å². The minimum absolute atomic E-state index is 0.0178. The topological polar surface area (TPSA) is 49.4 Å². The molecule has 4 nitrogen and oxygen atoms in total. The van der Waals surface area contributed by atoms with Gasteiger partial charge in [-0.05, 0) is 30.0 Å². The van der Waals surface area contributed by atoms with Crippen LogP contribution >= 0.6 is 0 Å². The number of carbonyl (C=O) groups is 2. The van der Waals surface area contributed by atoms with E-state index in [0.717, 1.165) is 16.7 Å². The number of halogens is 1. The zero-order valence-electron chi connectivity index (χ0n) is 20.1. The number of hydrogen-bond acceptors (Lipinski definition) is 2. The van der Waals surface area contributed by atoms with Gasteiger partial charge in [0.05, 0.1) is 6.42 Å². The third-order valence-corrected chi connectivity index (χ3v) is 5.73. The van der Waals surface area contributed by atoms with E-state index in [1.807, 2.05) is 75.4 Å². The molecule has 0 fully saturated rings. The molecule has 1 atom stereocenters. The summed E-state index contributed by atoms with van der Waals surface area (Å²) < 4.78 is 14.6. The molecule has 1 N–H and O–H groups in total. The van der Waals surface area contributed by atoms with Crippen LogP contribution in [0.15, 0.2) is 78.9 Å². The van der Waals surface area contributed by atoms with E-state index < -0.39 is 11.9 Å². The van der Waals surface area contributed by atoms with Crippen LogP contribution in [-0.2, 0) is 29.0 Å². The molecule has 34 heavy (non-hydrogen) atoms. The Balaban J connectivity index is 1.96. The van der Waals surface area contributed by atoms with Gasteiger partial charge in [-0.1, -0.05) is 92.2 Å². The van der Waals surface area contributed by atoms with Crippen LogP contribution in [0.25, 0.3) is 0 Å². The second-order valence-electron chi connectivity index (χ2n) is 9.12. The Morgan fingerprint density at radius 2 is 1.53 bits per heavy atom. The van der Waals surface area contributed by atoms with Gasteiger partial charge in [0, 0.05) is 25.1 Å². The molecule has 0 spiro atoms. The third kappa shape index (κ3) is 7.27. The lowest BCUT2D eigenvalue weighted by atomic mass is 10.0. The minimum Gasteiger partial charge on any atom is -0.354 e. The Kier molecular flexibility index (Phi) is 8.97. The van der Waals surface area contributed by atoms with Crippen molar-refractivity contribution in [1.29, 1.82) is 0 Å². The van der Waals surface area contributed by atoms with Crippen LogP contribution in [0.3, 0.4) is 0 Å². The molecule has 5 heteroatoms. The molecule has 0 aliphatic rings. The van der Waals surface area contributed by atoms with Crippen molar-refractivity contribution in [1.82, 2.24) is 10.2 Å². The molecule has 0 aromatic heterocycles. The number of rotatable bonds is 10. The largest absolute Gasteiger partial charge is 0.354 e. The molecule has 3 aromatic carbocycles. The number of amides is 2. The van der Waals surface area contributed by atoms with Crippen molar-refractivity contribution < 1.29 is 14.0 Å². The lowest BCUT2D eigenvalue weighted by Crippen LogP contribution is -2.51. The molecule has 0 unspecified atom stereocenters. The average molecular weight is 461 g/mol. The quantitative estimate of drug-likeness (QED) is 0.458. The third-order valence-electron chi connectivity index (χ3n) is 5.73. The monoisotopic (exact) mass is 460 g/mol. The fraction of sp³-hybridized carbons (Fsp3) is 0.310. The van der Waals surface area contributed by atoms with Crippen LogP contribution in [0.1, 0.15) is 36.1 Å². The number of hydrogen-bond donors (Lipinski definition) is 1. The van der Waals surface area contributed by atoms with Gasteiger partial charge in [-0.25, -0.2) is 4.39 Å². The highest BCUT2D eigenvalue weighted by Gasteiger charge is 2.31. The van der Waals surface area contributed by atoms with Gasteiger partial charge in [0.25, 0.3) is 0 Å². The normalized spacial score (nSPS) is 11.8. The van der Waals surface area contributed by atoms with E-state index in [4.69, 9.17) is 0 Å². The lowest BCUT2D eigenvalue weighted by molar-refractivity contribution is -0.140. The summed E-state index contributed by atoms with van der Waals surface area (Å²) in [5.74, 6) is -0.569. The molecule has 178 valence electrons. The van der Waals surface area contributed by atoms with Crippen molar-refractivity contribution >= 4 is 11.8 Å². The van der Waals surface area contributed by atoms with Gasteiger partial charge in [0.1, 0.15) is 11.9 Å². The van der Waals surface area contributed by atoms with Crippen LogP contribution in [0.5, 0.6) is 0 Å². The summed E-state index contributed by atoms with van der Waals surface area (Å²) in [6, 6.07) is 23.0. The second-order valence-corrected chi connectivity index (χ2v) is 9.12. The van der Waals surface area contributed by atoms with E-state index >= 15 is 0 Å². The highest BCUT2D eigenvalue weighted by atomic mass is 19.1. The molecule has 0 saturated carbocycles. The van der Waals surface area contributed by atoms with E-state index in [0.29, 0.717) is 18.5 Å². The predicted octanol–water partition coefficient (Wildman–Crippen LogP) is 5.09. The number of carbonyl (C=O) groups excluding carboxylic acids is 2. The lowest BCUT2D eigenvalue weighted by Gasteiger charge is -2.32. The molecular weight excluding hydrogens is 427 g/mol. The zero-order chi connectivity index (χ0) is 24.5. The Labute approximate surface area is 201 Å². The number of aryl methyl sites for hydroxylation is 1. The maximum Gasteiger partial charge on any atom is 0.243 e. The first-order chi connectivity index (χ1) is 16.3. The van der Waals surface area contributed by atoms with Gasteiger partial charge in [0.15, 0.2) is 0 Å². The molecule has 0 aliphatic carbocycles. The first kappa shape index (κ1) is 25.2. The SMILES string of the molecule is Cc1ccc(CC(=O)N(Cc2ccccc2F)[C@@H](Cc2ccccc2)C(=O)NCC(C)C)cc1. The summed E-state index contributed by atoms with van der Waals surface area (Å²) in [5.41, 5.74) is 3.29. The van der Waals surface area contributed by atoms with E-state index in [-0.39, 0.29) is 30.7 Å². The Morgan fingerprint density at radius 3 is 2.18 bits per heavy atom. The minimum atomic E-state index is -0.765. The molecule has 0 aliphatic heterocycles. The molecule has 0 saturated heterocycles. The molecule has 3 aromatic rings. The maximum absolute atomic E-state index is 14.6. The van der Waals surface area contributed by atoms with Crippen molar-refractivity contribution in [3.63, 3.8) is 0 Å². The van der Waals surface area contributed by atoms with Gasteiger partial charge in [0.2, 0.25) is 11.8 Å². The van der Waals surface area contributed by atoms with Crippen LogP contribution in [0, 0.1) is 18.7 Å². The van der Waals surface area contributed by atoms with Crippen LogP contribution < -0.4 is 5.32 Å². The summed E-state index contributed by atoms with van der Waals surface area (Å²) in [5, 5.41) is 2.98. The molecular formula is C29H33FN2O2. The van der Waals surface area contributed by atoms with Crippen LogP contribution in [0.2, 0.25) is 0 Å². The second kappa shape index (κ2) is 12.1. The Bertz CT molecular complexity index is 1080. The van der Waals surface area contributed by atoms with Crippen molar-refractivity contribution in [2.75, 3.05) is 6.54 Å². The van der Waals surface area contributed by atoms with Gasteiger partial charge in [-0.15, -0.1) is 0 Å². The Morgan fingerprint density at radius 1 is 0.882 bits per heavy atom. The number of nitrogens with zero attached hydrogens (tertiary/aromatic N) is 1. The highest BCUT2D eigenvalue weighted by Crippen LogP contribution is 2.18. The number of benzene rings is 3. The standard InChI is InChI=1S/C29H33FN2O2/c1-21(2)19-31-29(34)27(17-23-9-5-4-6-10-23)32(20-25-11-7-8-12-26(25)30)28(33)18-24-15-13-22(3)14-16-24/h4-16,21,27H,17-20H2,1-3H3,(H,31,34)/t27-/m0/s1. The first-order valence-electron chi connectivity index (χ1n) is 11.7. The fourth-order valence-electron chi connectivity index (χ4n) is 3.77. The van der Waals surface area contributed by atoms with Crippen LogP contribution in [-0.4, -0.2) is 29.3 Å².